The lowest BCUT2D eigenvalue weighted by Crippen LogP contribution is -2.37. The van der Waals surface area contributed by atoms with E-state index in [1.54, 1.807) is 11.8 Å². The number of fused-ring (bicyclic) bond motifs is 1. The van der Waals surface area contributed by atoms with E-state index in [0.717, 1.165) is 15.0 Å². The average molecular weight is 441 g/mol. The Morgan fingerprint density at radius 3 is 2.58 bits per heavy atom. The summed E-state index contributed by atoms with van der Waals surface area (Å²) in [6.07, 6.45) is 3.78. The Balaban J connectivity index is 1.47. The highest BCUT2D eigenvalue weighted by molar-refractivity contribution is 7.98. The van der Waals surface area contributed by atoms with Crippen LogP contribution in [0.1, 0.15) is 11.5 Å². The summed E-state index contributed by atoms with van der Waals surface area (Å²) >= 11 is 1.66. The minimum Gasteiger partial charge on any atom is -0.407 e. The maximum Gasteiger partial charge on any atom is 0.332 e. The lowest BCUT2D eigenvalue weighted by atomic mass is 10.1. The molecule has 0 aliphatic carbocycles. The molecule has 4 aromatic rings. The van der Waals surface area contributed by atoms with Crippen LogP contribution in [0.15, 0.2) is 49.5 Å². The summed E-state index contributed by atoms with van der Waals surface area (Å²) < 4.78 is 9.09. The van der Waals surface area contributed by atoms with Crippen molar-refractivity contribution in [2.24, 2.45) is 14.1 Å². The third-order valence-corrected chi connectivity index (χ3v) is 5.50. The van der Waals surface area contributed by atoms with Crippen LogP contribution >= 0.6 is 11.8 Å². The summed E-state index contributed by atoms with van der Waals surface area (Å²) in [6, 6.07) is 7.94. The van der Waals surface area contributed by atoms with Gasteiger partial charge < -0.3 is 8.98 Å². The first kappa shape index (κ1) is 20.6. The van der Waals surface area contributed by atoms with Gasteiger partial charge in [0.25, 0.3) is 5.56 Å². The van der Waals surface area contributed by atoms with Gasteiger partial charge in [-0.2, -0.15) is 0 Å². The zero-order chi connectivity index (χ0) is 22.1. The van der Waals surface area contributed by atoms with E-state index < -0.39 is 17.2 Å². The summed E-state index contributed by atoms with van der Waals surface area (Å²) in [5.74, 6) is -0.112. The minimum absolute atomic E-state index is 0.0366. The largest absolute Gasteiger partial charge is 0.407 e. The van der Waals surface area contributed by atoms with Crippen LogP contribution in [-0.2, 0) is 31.9 Å². The molecule has 1 aromatic carbocycles. The number of anilines is 1. The zero-order valence-corrected chi connectivity index (χ0v) is 17.8. The number of nitrogens with zero attached hydrogens (tertiary/aromatic N) is 6. The van der Waals surface area contributed by atoms with Gasteiger partial charge >= 0.3 is 11.7 Å². The number of nitrogens with one attached hydrogen (secondary N) is 1. The van der Waals surface area contributed by atoms with E-state index in [0.29, 0.717) is 12.3 Å². The van der Waals surface area contributed by atoms with Crippen molar-refractivity contribution in [2.75, 3.05) is 11.6 Å². The number of hydrogen-bond donors (Lipinski definition) is 1. The number of imidazole rings is 1. The van der Waals surface area contributed by atoms with Gasteiger partial charge in [0.15, 0.2) is 11.2 Å². The van der Waals surface area contributed by atoms with Crippen LogP contribution in [0.2, 0.25) is 0 Å². The van der Waals surface area contributed by atoms with E-state index >= 15 is 0 Å². The molecule has 0 saturated carbocycles. The van der Waals surface area contributed by atoms with Gasteiger partial charge in [-0.15, -0.1) is 16.9 Å². The van der Waals surface area contributed by atoms with Crippen LogP contribution < -0.4 is 16.6 Å². The summed E-state index contributed by atoms with van der Waals surface area (Å²) in [7, 11) is 2.88. The molecule has 0 fully saturated rings. The van der Waals surface area contributed by atoms with Gasteiger partial charge in [-0.3, -0.25) is 24.0 Å². The van der Waals surface area contributed by atoms with E-state index in [-0.39, 0.29) is 23.7 Å². The van der Waals surface area contributed by atoms with Gasteiger partial charge in [-0.05, 0) is 24.0 Å². The molecule has 3 heterocycles. The van der Waals surface area contributed by atoms with Crippen LogP contribution in [0.25, 0.3) is 11.2 Å². The van der Waals surface area contributed by atoms with E-state index in [4.69, 9.17) is 4.42 Å². The van der Waals surface area contributed by atoms with Gasteiger partial charge in [-0.1, -0.05) is 17.2 Å². The predicted molar refractivity (Wildman–Crippen MR) is 114 cm³/mol. The Bertz CT molecular complexity index is 1380. The number of carbonyl (C=O) groups is 1. The first-order valence-corrected chi connectivity index (χ1v) is 10.5. The summed E-state index contributed by atoms with van der Waals surface area (Å²) in [4.78, 5) is 42.1. The number of carbonyl (C=O) groups excluding carboxylic acids is 1. The smallest absolute Gasteiger partial charge is 0.332 e. The normalized spacial score (nSPS) is 11.2. The fourth-order valence-electron chi connectivity index (χ4n) is 3.12. The molecule has 0 radical (unpaired) electrons. The maximum absolute atomic E-state index is 12.5. The average Bonchev–Trinajstić information content (AvgIpc) is 3.38. The van der Waals surface area contributed by atoms with Crippen molar-refractivity contribution in [2.45, 2.75) is 17.9 Å². The number of hydrogen-bond acceptors (Lipinski definition) is 8. The van der Waals surface area contributed by atoms with Crippen molar-refractivity contribution in [3.63, 3.8) is 0 Å². The van der Waals surface area contributed by atoms with Gasteiger partial charge in [0.05, 0.1) is 12.7 Å². The second-order valence-corrected chi connectivity index (χ2v) is 7.70. The number of aromatic nitrogens is 6. The molecule has 1 N–H and O–H groups in total. The molecule has 0 aliphatic heterocycles. The van der Waals surface area contributed by atoms with Crippen molar-refractivity contribution >= 4 is 34.8 Å². The lowest BCUT2D eigenvalue weighted by Gasteiger charge is -2.06. The topological polar surface area (TPSA) is 130 Å². The first-order chi connectivity index (χ1) is 14.9. The second kappa shape index (κ2) is 8.22. The quantitative estimate of drug-likeness (QED) is 0.434. The zero-order valence-electron chi connectivity index (χ0n) is 17.0. The van der Waals surface area contributed by atoms with Gasteiger partial charge in [0.1, 0.15) is 6.54 Å². The summed E-state index contributed by atoms with van der Waals surface area (Å²) in [5, 5.41) is 10.3. The van der Waals surface area contributed by atoms with Crippen molar-refractivity contribution in [1.29, 1.82) is 0 Å². The van der Waals surface area contributed by atoms with Gasteiger partial charge in [0.2, 0.25) is 11.8 Å². The molecular formula is C19H19N7O4S. The second-order valence-electron chi connectivity index (χ2n) is 6.82. The molecule has 4 rings (SSSR count). The van der Waals surface area contributed by atoms with Crippen LogP contribution in [0, 0.1) is 0 Å². The molecule has 0 aliphatic rings. The third-order valence-electron chi connectivity index (χ3n) is 4.76. The molecule has 12 heteroatoms. The van der Waals surface area contributed by atoms with Crippen molar-refractivity contribution in [3.05, 3.63) is 62.9 Å². The molecule has 0 unspecified atom stereocenters. The molecule has 3 aromatic heterocycles. The summed E-state index contributed by atoms with van der Waals surface area (Å²) in [6.45, 7) is -0.211. The Morgan fingerprint density at radius 1 is 1.13 bits per heavy atom. The van der Waals surface area contributed by atoms with E-state index in [1.807, 2.05) is 30.5 Å². The standard InChI is InChI=1S/C19H19N7O4S/c1-24-16-15(17(28)25(2)19(24)29)26(10-20-16)9-13(27)21-18-23-22-14(30-18)8-11-4-6-12(31-3)7-5-11/h4-7,10H,8-9H2,1-3H3,(H,21,23,27). The minimum atomic E-state index is -0.532. The van der Waals surface area contributed by atoms with Crippen molar-refractivity contribution < 1.29 is 9.21 Å². The molecule has 0 bridgehead atoms. The predicted octanol–water partition coefficient (Wildman–Crippen LogP) is 0.768. The number of benzene rings is 1. The first-order valence-electron chi connectivity index (χ1n) is 9.23. The van der Waals surface area contributed by atoms with Crippen LogP contribution in [0.3, 0.4) is 0 Å². The highest BCUT2D eigenvalue weighted by Crippen LogP contribution is 2.17. The van der Waals surface area contributed by atoms with Crippen LogP contribution in [0.4, 0.5) is 6.01 Å². The maximum atomic E-state index is 12.5. The van der Waals surface area contributed by atoms with E-state index in [1.165, 1.54) is 29.6 Å². The number of aryl methyl sites for hydroxylation is 1. The Hall–Kier alpha value is -3.67. The molecule has 0 atom stereocenters. The van der Waals surface area contributed by atoms with Gasteiger partial charge in [0, 0.05) is 19.0 Å². The van der Waals surface area contributed by atoms with Crippen molar-refractivity contribution in [3.8, 4) is 0 Å². The van der Waals surface area contributed by atoms with Crippen LogP contribution in [-0.4, -0.2) is 41.0 Å². The summed E-state index contributed by atoms with van der Waals surface area (Å²) in [5.41, 5.74) is 0.337. The van der Waals surface area contributed by atoms with E-state index in [9.17, 15) is 14.4 Å². The van der Waals surface area contributed by atoms with Crippen LogP contribution in [0.5, 0.6) is 0 Å². The molecule has 31 heavy (non-hydrogen) atoms. The highest BCUT2D eigenvalue weighted by atomic mass is 32.2. The molecule has 0 saturated heterocycles. The Kier molecular flexibility index (Phi) is 5.46. The van der Waals surface area contributed by atoms with Gasteiger partial charge in [-0.25, -0.2) is 9.78 Å². The number of rotatable bonds is 6. The fraction of sp³-hybridized carbons (Fsp3) is 0.263. The number of amides is 1. The monoisotopic (exact) mass is 441 g/mol. The molecule has 1 amide bonds. The Morgan fingerprint density at radius 2 is 1.87 bits per heavy atom. The van der Waals surface area contributed by atoms with Crippen molar-refractivity contribution in [1.82, 2.24) is 28.9 Å². The fourth-order valence-corrected chi connectivity index (χ4v) is 3.53. The molecular weight excluding hydrogens is 422 g/mol. The SMILES string of the molecule is CSc1ccc(Cc2nnc(NC(=O)Cn3cnc4c3c(=O)n(C)c(=O)n4C)o2)cc1. The lowest BCUT2D eigenvalue weighted by molar-refractivity contribution is -0.116. The molecule has 160 valence electrons. The molecule has 11 nitrogen and oxygen atoms in total. The molecule has 0 spiro atoms. The Labute approximate surface area is 179 Å². The third kappa shape index (κ3) is 4.01. The van der Waals surface area contributed by atoms with E-state index in [2.05, 4.69) is 20.5 Å². The highest BCUT2D eigenvalue weighted by Gasteiger charge is 2.17. The number of thioether (sulfide) groups is 1.